The summed E-state index contributed by atoms with van der Waals surface area (Å²) in [5.74, 6) is 4.31. The molecule has 86 valence electrons. The van der Waals surface area contributed by atoms with Crippen molar-refractivity contribution >= 4 is 31.9 Å². The van der Waals surface area contributed by atoms with Gasteiger partial charge in [-0.15, -0.1) is 0 Å². The van der Waals surface area contributed by atoms with Crippen LogP contribution < -0.4 is 0 Å². The lowest BCUT2D eigenvalue weighted by atomic mass is 9.45. The van der Waals surface area contributed by atoms with Crippen LogP contribution in [-0.4, -0.2) is 10.7 Å². The highest BCUT2D eigenvalue weighted by atomic mass is 79.9. The summed E-state index contributed by atoms with van der Waals surface area (Å²) in [6.45, 7) is 0. The molecule has 0 saturated heterocycles. The van der Waals surface area contributed by atoms with Gasteiger partial charge in [-0.1, -0.05) is 31.9 Å². The van der Waals surface area contributed by atoms with E-state index in [0.717, 1.165) is 23.7 Å². The van der Waals surface area contributed by atoms with Crippen molar-refractivity contribution in [3.63, 3.8) is 0 Å². The second-order valence-corrected chi connectivity index (χ2v) is 7.46. The van der Waals surface area contributed by atoms with Crippen LogP contribution in [0, 0.1) is 29.1 Å². The molecule has 2 heteroatoms. The maximum Gasteiger partial charge on any atom is 0.00935 e. The minimum Gasteiger partial charge on any atom is -0.0928 e. The fraction of sp³-hybridized carbons (Fsp3) is 1.00. The van der Waals surface area contributed by atoms with Crippen LogP contribution in [0.3, 0.4) is 0 Å². The lowest BCUT2D eigenvalue weighted by Crippen LogP contribution is -2.54. The fourth-order valence-electron chi connectivity index (χ4n) is 4.99. The molecule has 0 heterocycles. The van der Waals surface area contributed by atoms with Gasteiger partial charge in [0.25, 0.3) is 0 Å². The normalized spacial score (nSPS) is 52.4. The fourth-order valence-corrected chi connectivity index (χ4v) is 6.93. The van der Waals surface area contributed by atoms with Gasteiger partial charge in [-0.05, 0) is 67.6 Å². The summed E-state index contributed by atoms with van der Waals surface area (Å²) in [6, 6.07) is 0. The second-order valence-electron chi connectivity index (χ2n) is 6.11. The summed E-state index contributed by atoms with van der Waals surface area (Å²) >= 11 is 7.51. The number of hydrogen-bond donors (Lipinski definition) is 0. The van der Waals surface area contributed by atoms with Gasteiger partial charge >= 0.3 is 0 Å². The van der Waals surface area contributed by atoms with E-state index in [1.54, 1.807) is 32.1 Å². The Morgan fingerprint density at radius 2 is 1.40 bits per heavy atom. The van der Waals surface area contributed by atoms with Gasteiger partial charge in [-0.3, -0.25) is 0 Å². The van der Waals surface area contributed by atoms with Crippen LogP contribution >= 0.6 is 31.9 Å². The van der Waals surface area contributed by atoms with Crippen molar-refractivity contribution in [2.75, 3.05) is 10.7 Å². The van der Waals surface area contributed by atoms with Crippen molar-refractivity contribution in [1.82, 2.24) is 0 Å². The zero-order valence-electron chi connectivity index (χ0n) is 9.22. The van der Waals surface area contributed by atoms with E-state index < -0.39 is 0 Å². The van der Waals surface area contributed by atoms with E-state index in [1.165, 1.54) is 17.1 Å². The largest absolute Gasteiger partial charge is 0.0928 e. The maximum atomic E-state index is 3.84. The molecule has 4 aliphatic carbocycles. The van der Waals surface area contributed by atoms with Crippen LogP contribution in [0.25, 0.3) is 0 Å². The number of halogens is 2. The predicted molar refractivity (Wildman–Crippen MR) is 71.7 cm³/mol. The third kappa shape index (κ3) is 1.57. The topological polar surface area (TPSA) is 0 Å². The maximum absolute atomic E-state index is 3.84. The molecule has 0 atom stereocenters. The number of rotatable bonds is 3. The summed E-state index contributed by atoms with van der Waals surface area (Å²) in [5.41, 5.74) is 0.664. The molecule has 4 rings (SSSR count). The van der Waals surface area contributed by atoms with Crippen LogP contribution in [0.15, 0.2) is 0 Å². The molecule has 0 aromatic heterocycles. The Kier molecular flexibility index (Phi) is 2.96. The van der Waals surface area contributed by atoms with Gasteiger partial charge in [0.1, 0.15) is 0 Å². The monoisotopic (exact) mass is 334 g/mol. The highest BCUT2D eigenvalue weighted by Gasteiger charge is 2.55. The molecule has 0 amide bonds. The number of alkyl halides is 2. The molecule has 0 aliphatic heterocycles. The molecule has 15 heavy (non-hydrogen) atoms. The first-order chi connectivity index (χ1) is 7.28. The first kappa shape index (κ1) is 11.1. The van der Waals surface area contributed by atoms with Gasteiger partial charge in [-0.2, -0.15) is 0 Å². The zero-order chi connectivity index (χ0) is 10.5. The van der Waals surface area contributed by atoms with E-state index in [-0.39, 0.29) is 0 Å². The van der Waals surface area contributed by atoms with E-state index in [4.69, 9.17) is 0 Å². The van der Waals surface area contributed by atoms with Gasteiger partial charge < -0.3 is 0 Å². The molecule has 0 unspecified atom stereocenters. The van der Waals surface area contributed by atoms with Crippen molar-refractivity contribution in [1.29, 1.82) is 0 Å². The molecule has 0 aromatic rings. The Labute approximate surface area is 110 Å². The molecule has 4 fully saturated rings. The van der Waals surface area contributed by atoms with E-state index in [9.17, 15) is 0 Å². The summed E-state index contributed by atoms with van der Waals surface area (Å²) in [6.07, 6.45) is 9.15. The van der Waals surface area contributed by atoms with E-state index in [0.29, 0.717) is 5.41 Å². The van der Waals surface area contributed by atoms with Gasteiger partial charge in [0.15, 0.2) is 0 Å². The van der Waals surface area contributed by atoms with Crippen LogP contribution in [-0.2, 0) is 0 Å². The predicted octanol–water partition coefficient (Wildman–Crippen LogP) is 4.61. The van der Waals surface area contributed by atoms with E-state index in [2.05, 4.69) is 31.9 Å². The summed E-state index contributed by atoms with van der Waals surface area (Å²) in [7, 11) is 0. The van der Waals surface area contributed by atoms with Crippen molar-refractivity contribution in [2.24, 2.45) is 29.1 Å². The van der Waals surface area contributed by atoms with Gasteiger partial charge in [0, 0.05) is 10.7 Å². The zero-order valence-corrected chi connectivity index (χ0v) is 12.4. The molecular formula is C13H20Br2. The molecule has 4 aliphatic rings. The van der Waals surface area contributed by atoms with Crippen molar-refractivity contribution in [2.45, 2.75) is 38.5 Å². The Hall–Kier alpha value is 0.960. The SMILES string of the molecule is BrCCC1(CBr)C2CC3CC(C2)CC1C3. The molecule has 4 saturated carbocycles. The van der Waals surface area contributed by atoms with Crippen molar-refractivity contribution < 1.29 is 0 Å². The average molecular weight is 336 g/mol. The quantitative estimate of drug-likeness (QED) is 0.661. The molecule has 0 aromatic carbocycles. The van der Waals surface area contributed by atoms with Crippen molar-refractivity contribution in [3.05, 3.63) is 0 Å². The van der Waals surface area contributed by atoms with Gasteiger partial charge in [0.05, 0.1) is 0 Å². The summed E-state index contributed by atoms with van der Waals surface area (Å²) in [4.78, 5) is 0. The summed E-state index contributed by atoms with van der Waals surface area (Å²) < 4.78 is 0. The lowest BCUT2D eigenvalue weighted by Gasteiger charge is -2.61. The molecule has 0 nitrogen and oxygen atoms in total. The third-order valence-electron chi connectivity index (χ3n) is 5.57. The molecule has 0 spiro atoms. The van der Waals surface area contributed by atoms with Crippen LogP contribution in [0.4, 0.5) is 0 Å². The highest BCUT2D eigenvalue weighted by Crippen LogP contribution is 2.64. The minimum absolute atomic E-state index is 0.664. The van der Waals surface area contributed by atoms with Crippen LogP contribution in [0.1, 0.15) is 38.5 Å². The second kappa shape index (κ2) is 4.01. The molecule has 0 N–H and O–H groups in total. The highest BCUT2D eigenvalue weighted by molar-refractivity contribution is 9.09. The Morgan fingerprint density at radius 1 is 0.867 bits per heavy atom. The van der Waals surface area contributed by atoms with Crippen LogP contribution in [0.2, 0.25) is 0 Å². The van der Waals surface area contributed by atoms with Crippen LogP contribution in [0.5, 0.6) is 0 Å². The lowest BCUT2D eigenvalue weighted by molar-refractivity contribution is -0.0956. The smallest absolute Gasteiger partial charge is 0.00935 e. The Morgan fingerprint density at radius 3 is 1.80 bits per heavy atom. The first-order valence-corrected chi connectivity index (χ1v) is 8.64. The third-order valence-corrected chi connectivity index (χ3v) is 7.01. The molecule has 0 radical (unpaired) electrons. The number of hydrogen-bond acceptors (Lipinski definition) is 0. The molecule has 4 bridgehead atoms. The van der Waals surface area contributed by atoms with Gasteiger partial charge in [0.2, 0.25) is 0 Å². The Bertz CT molecular complexity index is 221. The standard InChI is InChI=1S/C13H20Br2/c14-2-1-13(8-15)11-4-9-3-10(6-11)7-12(13)5-9/h9-12H,1-8H2. The minimum atomic E-state index is 0.664. The Balaban J connectivity index is 1.89. The first-order valence-electron chi connectivity index (χ1n) is 6.40. The van der Waals surface area contributed by atoms with E-state index in [1.807, 2.05) is 0 Å². The average Bonchev–Trinajstić information content (AvgIpc) is 2.23. The van der Waals surface area contributed by atoms with Crippen molar-refractivity contribution in [3.8, 4) is 0 Å². The van der Waals surface area contributed by atoms with E-state index >= 15 is 0 Å². The van der Waals surface area contributed by atoms with Gasteiger partial charge in [-0.25, -0.2) is 0 Å². The molecular weight excluding hydrogens is 316 g/mol. The summed E-state index contributed by atoms with van der Waals surface area (Å²) in [5, 5.41) is 2.45.